The quantitative estimate of drug-likeness (QED) is 0.877. The van der Waals surface area contributed by atoms with Crippen molar-refractivity contribution in [2.45, 2.75) is 20.4 Å². The molecule has 2 N–H and O–H groups in total. The fourth-order valence-electron chi connectivity index (χ4n) is 1.80. The molecule has 0 aliphatic heterocycles. The van der Waals surface area contributed by atoms with Crippen LogP contribution < -0.4 is 10.6 Å². The van der Waals surface area contributed by atoms with Crippen LogP contribution in [0.1, 0.15) is 28.4 Å². The summed E-state index contributed by atoms with van der Waals surface area (Å²) in [6.07, 6.45) is 1.59. The highest BCUT2D eigenvalue weighted by atomic mass is 16.1. The third-order valence-electron chi connectivity index (χ3n) is 2.96. The van der Waals surface area contributed by atoms with E-state index in [0.29, 0.717) is 12.1 Å². The van der Waals surface area contributed by atoms with Gasteiger partial charge in [0.1, 0.15) is 5.82 Å². The fourth-order valence-corrected chi connectivity index (χ4v) is 1.80. The molecule has 0 atom stereocenters. The number of rotatable bonds is 5. The number of hydrogen-bond donors (Lipinski definition) is 2. The maximum absolute atomic E-state index is 12.0. The summed E-state index contributed by atoms with van der Waals surface area (Å²) in [6, 6.07) is 11.7. The summed E-state index contributed by atoms with van der Waals surface area (Å²) in [4.78, 5) is 16.2. The van der Waals surface area contributed by atoms with E-state index in [2.05, 4.69) is 15.6 Å². The molecule has 20 heavy (non-hydrogen) atoms. The lowest BCUT2D eigenvalue weighted by Gasteiger charge is -2.07. The van der Waals surface area contributed by atoms with E-state index in [1.165, 1.54) is 5.56 Å². The first kappa shape index (κ1) is 14.1. The molecule has 0 spiro atoms. The molecule has 0 unspecified atom stereocenters. The van der Waals surface area contributed by atoms with Gasteiger partial charge in [0.05, 0.1) is 5.56 Å². The van der Waals surface area contributed by atoms with Gasteiger partial charge in [-0.3, -0.25) is 4.79 Å². The summed E-state index contributed by atoms with van der Waals surface area (Å²) >= 11 is 0. The Kier molecular flexibility index (Phi) is 4.71. The molecule has 0 fully saturated rings. The number of nitrogens with one attached hydrogen (secondary N) is 2. The Labute approximate surface area is 119 Å². The Morgan fingerprint density at radius 3 is 2.50 bits per heavy atom. The molecule has 0 aliphatic rings. The van der Waals surface area contributed by atoms with Gasteiger partial charge < -0.3 is 10.6 Å². The molecule has 0 saturated heterocycles. The van der Waals surface area contributed by atoms with Gasteiger partial charge >= 0.3 is 0 Å². The summed E-state index contributed by atoms with van der Waals surface area (Å²) in [6.45, 7) is 5.38. The second kappa shape index (κ2) is 6.70. The zero-order valence-corrected chi connectivity index (χ0v) is 11.8. The van der Waals surface area contributed by atoms with Crippen LogP contribution in [-0.2, 0) is 6.54 Å². The van der Waals surface area contributed by atoms with Gasteiger partial charge in [-0.25, -0.2) is 4.98 Å². The number of benzene rings is 1. The van der Waals surface area contributed by atoms with Crippen LogP contribution in [0.4, 0.5) is 5.82 Å². The molecule has 4 nitrogen and oxygen atoms in total. The fraction of sp³-hybridized carbons (Fsp3) is 0.250. The number of pyridine rings is 1. The second-order valence-corrected chi connectivity index (χ2v) is 4.63. The minimum atomic E-state index is -0.110. The molecule has 0 bridgehead atoms. The number of aromatic nitrogens is 1. The second-order valence-electron chi connectivity index (χ2n) is 4.63. The topological polar surface area (TPSA) is 54.0 Å². The minimum absolute atomic E-state index is 0.110. The molecule has 4 heteroatoms. The first-order valence-corrected chi connectivity index (χ1v) is 6.72. The highest BCUT2D eigenvalue weighted by molar-refractivity contribution is 5.93. The van der Waals surface area contributed by atoms with Gasteiger partial charge in [0.15, 0.2) is 0 Å². The predicted molar refractivity (Wildman–Crippen MR) is 80.7 cm³/mol. The Morgan fingerprint density at radius 1 is 1.15 bits per heavy atom. The van der Waals surface area contributed by atoms with Crippen molar-refractivity contribution >= 4 is 11.7 Å². The number of carbonyl (C=O) groups excluding carboxylic acids is 1. The first-order chi connectivity index (χ1) is 9.69. The normalized spacial score (nSPS) is 10.1. The molecule has 1 heterocycles. The number of amides is 1. The van der Waals surface area contributed by atoms with Crippen LogP contribution in [0.15, 0.2) is 42.6 Å². The third kappa shape index (κ3) is 3.82. The van der Waals surface area contributed by atoms with Gasteiger partial charge in [0.2, 0.25) is 0 Å². The highest BCUT2D eigenvalue weighted by Crippen LogP contribution is 2.06. The number of aryl methyl sites for hydroxylation is 1. The van der Waals surface area contributed by atoms with Crippen LogP contribution in [0.3, 0.4) is 0 Å². The van der Waals surface area contributed by atoms with E-state index in [0.717, 1.165) is 17.9 Å². The Balaban J connectivity index is 1.92. The first-order valence-electron chi connectivity index (χ1n) is 6.72. The molecule has 0 aliphatic carbocycles. The average Bonchev–Trinajstić information content (AvgIpc) is 2.47. The Bertz CT molecular complexity index is 561. The summed E-state index contributed by atoms with van der Waals surface area (Å²) < 4.78 is 0. The lowest BCUT2D eigenvalue weighted by Crippen LogP contribution is -2.22. The zero-order chi connectivity index (χ0) is 14.4. The number of nitrogens with zero attached hydrogens (tertiary/aromatic N) is 1. The van der Waals surface area contributed by atoms with Crippen molar-refractivity contribution in [3.63, 3.8) is 0 Å². The minimum Gasteiger partial charge on any atom is -0.370 e. The van der Waals surface area contributed by atoms with E-state index in [1.54, 1.807) is 12.3 Å². The van der Waals surface area contributed by atoms with Crippen LogP contribution in [-0.4, -0.2) is 17.4 Å². The lowest BCUT2D eigenvalue weighted by atomic mass is 10.1. The molecular weight excluding hydrogens is 250 g/mol. The van der Waals surface area contributed by atoms with E-state index in [-0.39, 0.29) is 5.91 Å². The van der Waals surface area contributed by atoms with Crippen LogP contribution in [0.5, 0.6) is 0 Å². The molecule has 1 aromatic heterocycles. The molecule has 0 radical (unpaired) electrons. The van der Waals surface area contributed by atoms with Crippen LogP contribution >= 0.6 is 0 Å². The van der Waals surface area contributed by atoms with Crippen molar-refractivity contribution in [3.8, 4) is 0 Å². The Morgan fingerprint density at radius 2 is 1.90 bits per heavy atom. The van der Waals surface area contributed by atoms with Crippen LogP contribution in [0.2, 0.25) is 0 Å². The van der Waals surface area contributed by atoms with Gasteiger partial charge in [-0.1, -0.05) is 29.8 Å². The van der Waals surface area contributed by atoms with E-state index < -0.39 is 0 Å². The van der Waals surface area contributed by atoms with Gasteiger partial charge in [0, 0.05) is 19.3 Å². The van der Waals surface area contributed by atoms with Crippen molar-refractivity contribution in [3.05, 3.63) is 59.3 Å². The summed E-state index contributed by atoms with van der Waals surface area (Å²) in [5, 5.41) is 5.98. The van der Waals surface area contributed by atoms with Crippen LogP contribution in [0.25, 0.3) is 0 Å². The average molecular weight is 269 g/mol. The molecule has 2 rings (SSSR count). The van der Waals surface area contributed by atoms with Gasteiger partial charge in [-0.05, 0) is 31.5 Å². The standard InChI is InChI=1S/C16H19N3O/c1-3-17-15-9-8-14(11-18-15)16(20)19-10-13-6-4-12(2)5-7-13/h4-9,11H,3,10H2,1-2H3,(H,17,18)(H,19,20). The van der Waals surface area contributed by atoms with E-state index in [1.807, 2.05) is 44.2 Å². The third-order valence-corrected chi connectivity index (χ3v) is 2.96. The van der Waals surface area contributed by atoms with Crippen molar-refractivity contribution < 1.29 is 4.79 Å². The van der Waals surface area contributed by atoms with Gasteiger partial charge in [-0.2, -0.15) is 0 Å². The predicted octanol–water partition coefficient (Wildman–Crippen LogP) is 2.75. The highest BCUT2D eigenvalue weighted by Gasteiger charge is 2.05. The largest absolute Gasteiger partial charge is 0.370 e. The molecule has 0 saturated carbocycles. The number of carbonyl (C=O) groups is 1. The van der Waals surface area contributed by atoms with E-state index in [4.69, 9.17) is 0 Å². The van der Waals surface area contributed by atoms with Crippen molar-refractivity contribution in [1.82, 2.24) is 10.3 Å². The van der Waals surface area contributed by atoms with E-state index >= 15 is 0 Å². The molecular formula is C16H19N3O. The smallest absolute Gasteiger partial charge is 0.253 e. The van der Waals surface area contributed by atoms with Crippen molar-refractivity contribution in [1.29, 1.82) is 0 Å². The number of anilines is 1. The van der Waals surface area contributed by atoms with Crippen molar-refractivity contribution in [2.75, 3.05) is 11.9 Å². The molecule has 1 amide bonds. The maximum atomic E-state index is 12.0. The summed E-state index contributed by atoms with van der Waals surface area (Å²) in [5.41, 5.74) is 2.86. The zero-order valence-electron chi connectivity index (χ0n) is 11.8. The van der Waals surface area contributed by atoms with Gasteiger partial charge in [0.25, 0.3) is 5.91 Å². The lowest BCUT2D eigenvalue weighted by molar-refractivity contribution is 0.0950. The van der Waals surface area contributed by atoms with E-state index in [9.17, 15) is 4.79 Å². The number of hydrogen-bond acceptors (Lipinski definition) is 3. The van der Waals surface area contributed by atoms with Crippen LogP contribution in [0, 0.1) is 6.92 Å². The molecule has 104 valence electrons. The summed E-state index contributed by atoms with van der Waals surface area (Å²) in [7, 11) is 0. The summed E-state index contributed by atoms with van der Waals surface area (Å²) in [5.74, 6) is 0.670. The van der Waals surface area contributed by atoms with Gasteiger partial charge in [-0.15, -0.1) is 0 Å². The SMILES string of the molecule is CCNc1ccc(C(=O)NCc2ccc(C)cc2)cn1. The Hall–Kier alpha value is -2.36. The maximum Gasteiger partial charge on any atom is 0.253 e. The molecule has 2 aromatic rings. The molecule has 1 aromatic carbocycles. The van der Waals surface area contributed by atoms with Crippen molar-refractivity contribution in [2.24, 2.45) is 0 Å². The monoisotopic (exact) mass is 269 g/mol.